The summed E-state index contributed by atoms with van der Waals surface area (Å²) in [5.41, 5.74) is 1.91. The highest BCUT2D eigenvalue weighted by Gasteiger charge is 2.44. The summed E-state index contributed by atoms with van der Waals surface area (Å²) in [6.07, 6.45) is 9.08. The largest absolute Gasteiger partial charge is 0.344 e. The van der Waals surface area contributed by atoms with Gasteiger partial charge in [-0.05, 0) is 57.6 Å². The second-order valence-electron chi connectivity index (χ2n) is 10.0. The number of carbonyl (C=O) groups is 2. The van der Waals surface area contributed by atoms with Crippen molar-refractivity contribution in [3.8, 4) is 0 Å². The average Bonchev–Trinajstić information content (AvgIpc) is 3.31. The quantitative estimate of drug-likeness (QED) is 0.807. The Morgan fingerprint density at radius 3 is 2.29 bits per heavy atom. The summed E-state index contributed by atoms with van der Waals surface area (Å²) in [6.45, 7) is 5.85. The third-order valence-electron chi connectivity index (χ3n) is 8.38. The third-order valence-corrected chi connectivity index (χ3v) is 8.38. The van der Waals surface area contributed by atoms with E-state index >= 15 is 0 Å². The first-order chi connectivity index (χ1) is 15.0. The number of amides is 3. The minimum atomic E-state index is 0.162. The zero-order valence-corrected chi connectivity index (χ0v) is 19.1. The second-order valence-corrected chi connectivity index (χ2v) is 10.0. The minimum absolute atomic E-state index is 0.162. The fourth-order valence-electron chi connectivity index (χ4n) is 6.39. The SMILES string of the molecule is Cc1ccc(C(=O)N2CCC(N3CCC(N4C(=O)N[C@H]5CCCC[C@@H]54)CC3)CC2)n1C. The van der Waals surface area contributed by atoms with Crippen LogP contribution in [0.1, 0.15) is 67.5 Å². The number of hydrogen-bond donors (Lipinski definition) is 1. The van der Waals surface area contributed by atoms with Crippen molar-refractivity contribution < 1.29 is 9.59 Å². The van der Waals surface area contributed by atoms with Crippen molar-refractivity contribution in [2.45, 2.75) is 82.5 Å². The molecule has 1 aromatic heterocycles. The number of likely N-dealkylation sites (tertiary alicyclic amines) is 2. The molecule has 1 aliphatic carbocycles. The summed E-state index contributed by atoms with van der Waals surface area (Å²) < 4.78 is 1.99. The monoisotopic (exact) mass is 427 g/mol. The number of nitrogens with zero attached hydrogens (tertiary/aromatic N) is 4. The topological polar surface area (TPSA) is 60.8 Å². The highest BCUT2D eigenvalue weighted by Crippen LogP contribution is 2.33. The van der Waals surface area contributed by atoms with E-state index in [4.69, 9.17) is 0 Å². The van der Waals surface area contributed by atoms with Crippen molar-refractivity contribution in [1.29, 1.82) is 0 Å². The molecule has 0 spiro atoms. The number of rotatable bonds is 3. The summed E-state index contributed by atoms with van der Waals surface area (Å²) in [7, 11) is 1.97. The van der Waals surface area contributed by atoms with Crippen LogP contribution in [0.2, 0.25) is 0 Å². The van der Waals surface area contributed by atoms with Gasteiger partial charge in [0, 0.05) is 51.0 Å². The van der Waals surface area contributed by atoms with Gasteiger partial charge in [-0.1, -0.05) is 12.8 Å². The van der Waals surface area contributed by atoms with Gasteiger partial charge in [-0.3, -0.25) is 4.79 Å². The number of fused-ring (bicyclic) bond motifs is 1. The van der Waals surface area contributed by atoms with Gasteiger partial charge in [0.05, 0.1) is 12.1 Å². The Balaban J connectivity index is 1.12. The van der Waals surface area contributed by atoms with Gasteiger partial charge < -0.3 is 24.6 Å². The van der Waals surface area contributed by atoms with Gasteiger partial charge in [-0.15, -0.1) is 0 Å². The Labute approximate surface area is 185 Å². The summed E-state index contributed by atoms with van der Waals surface area (Å²) in [4.78, 5) is 32.4. The molecule has 5 rings (SSSR count). The lowest BCUT2D eigenvalue weighted by molar-refractivity contribution is 0.0466. The van der Waals surface area contributed by atoms with Crippen LogP contribution in [0, 0.1) is 6.92 Å². The van der Waals surface area contributed by atoms with E-state index in [2.05, 4.69) is 15.1 Å². The first-order valence-corrected chi connectivity index (χ1v) is 12.3. The van der Waals surface area contributed by atoms with Gasteiger partial charge in [-0.2, -0.15) is 0 Å². The van der Waals surface area contributed by atoms with Crippen LogP contribution in [-0.2, 0) is 7.05 Å². The van der Waals surface area contributed by atoms with Crippen LogP contribution in [0.25, 0.3) is 0 Å². The molecule has 4 fully saturated rings. The Morgan fingerprint density at radius 1 is 0.935 bits per heavy atom. The molecule has 0 bridgehead atoms. The van der Waals surface area contributed by atoms with E-state index in [9.17, 15) is 9.59 Å². The Morgan fingerprint density at radius 2 is 1.61 bits per heavy atom. The second kappa shape index (κ2) is 8.49. The summed E-state index contributed by atoms with van der Waals surface area (Å²) >= 11 is 0. The zero-order valence-electron chi connectivity index (χ0n) is 19.1. The molecule has 7 heteroatoms. The van der Waals surface area contributed by atoms with Crippen molar-refractivity contribution in [1.82, 2.24) is 24.6 Å². The highest BCUT2D eigenvalue weighted by molar-refractivity contribution is 5.93. The molecule has 4 aliphatic rings. The molecular weight excluding hydrogens is 390 g/mol. The molecule has 7 nitrogen and oxygen atoms in total. The van der Waals surface area contributed by atoms with Crippen molar-refractivity contribution >= 4 is 11.9 Å². The van der Waals surface area contributed by atoms with E-state index in [0.29, 0.717) is 24.2 Å². The first-order valence-electron chi connectivity index (χ1n) is 12.3. The lowest BCUT2D eigenvalue weighted by atomic mass is 9.89. The molecule has 4 heterocycles. The zero-order chi connectivity index (χ0) is 21.5. The van der Waals surface area contributed by atoms with Gasteiger partial charge in [-0.25, -0.2) is 4.79 Å². The number of aryl methyl sites for hydroxylation is 1. The molecule has 0 aromatic carbocycles. The normalized spacial score (nSPS) is 28.6. The number of hydrogen-bond acceptors (Lipinski definition) is 3. The van der Waals surface area contributed by atoms with Crippen LogP contribution in [0.5, 0.6) is 0 Å². The average molecular weight is 428 g/mol. The van der Waals surface area contributed by atoms with Crippen molar-refractivity contribution in [3.05, 3.63) is 23.5 Å². The van der Waals surface area contributed by atoms with Gasteiger partial charge in [0.1, 0.15) is 5.69 Å². The van der Waals surface area contributed by atoms with Crippen molar-refractivity contribution in [2.75, 3.05) is 26.2 Å². The van der Waals surface area contributed by atoms with Gasteiger partial charge in [0.25, 0.3) is 5.91 Å². The van der Waals surface area contributed by atoms with Crippen LogP contribution < -0.4 is 5.32 Å². The fourth-order valence-corrected chi connectivity index (χ4v) is 6.39. The maximum atomic E-state index is 12.9. The van der Waals surface area contributed by atoms with Gasteiger partial charge in [0.15, 0.2) is 0 Å². The predicted molar refractivity (Wildman–Crippen MR) is 120 cm³/mol. The molecule has 1 saturated carbocycles. The van der Waals surface area contributed by atoms with E-state index in [1.54, 1.807) is 0 Å². The number of carbonyl (C=O) groups excluding carboxylic acids is 2. The van der Waals surface area contributed by atoms with Crippen LogP contribution in [0.4, 0.5) is 4.79 Å². The highest BCUT2D eigenvalue weighted by atomic mass is 16.2. The minimum Gasteiger partial charge on any atom is -0.344 e. The Bertz CT molecular complexity index is 820. The first kappa shape index (κ1) is 20.9. The molecule has 170 valence electrons. The number of aromatic nitrogens is 1. The van der Waals surface area contributed by atoms with Crippen molar-refractivity contribution in [2.24, 2.45) is 7.05 Å². The number of nitrogens with one attached hydrogen (secondary N) is 1. The summed E-state index contributed by atoms with van der Waals surface area (Å²) in [5, 5.41) is 3.25. The smallest absolute Gasteiger partial charge is 0.318 e. The Kier molecular flexibility index (Phi) is 5.71. The van der Waals surface area contributed by atoms with Crippen LogP contribution >= 0.6 is 0 Å². The molecule has 2 atom stereocenters. The van der Waals surface area contributed by atoms with Gasteiger partial charge in [0.2, 0.25) is 0 Å². The third kappa shape index (κ3) is 3.86. The van der Waals surface area contributed by atoms with Gasteiger partial charge >= 0.3 is 6.03 Å². The van der Waals surface area contributed by atoms with E-state index in [-0.39, 0.29) is 11.9 Å². The predicted octanol–water partition coefficient (Wildman–Crippen LogP) is 2.74. The molecule has 1 aromatic rings. The molecule has 3 amide bonds. The molecule has 1 N–H and O–H groups in total. The standard InChI is InChI=1S/C24H37N5O2/c1-17-7-8-22(26(17)2)23(30)28-15-9-18(10-16-28)27-13-11-19(12-14-27)29-21-6-4-3-5-20(21)25-24(29)31/h7-8,18-21H,3-6,9-16H2,1-2H3,(H,25,31)/t20-,21-/m0/s1. The fraction of sp³-hybridized carbons (Fsp3) is 0.750. The Hall–Kier alpha value is -2.02. The molecular formula is C24H37N5O2. The summed E-state index contributed by atoms with van der Waals surface area (Å²) in [6, 6.07) is 5.90. The van der Waals surface area contributed by atoms with Crippen LogP contribution in [0.3, 0.4) is 0 Å². The van der Waals surface area contributed by atoms with E-state index in [1.807, 2.05) is 35.6 Å². The number of urea groups is 1. The van der Waals surface area contributed by atoms with E-state index in [1.165, 1.54) is 12.8 Å². The number of piperidine rings is 2. The lowest BCUT2D eigenvalue weighted by Gasteiger charge is -2.44. The molecule has 31 heavy (non-hydrogen) atoms. The molecule has 0 unspecified atom stereocenters. The van der Waals surface area contributed by atoms with Crippen molar-refractivity contribution in [3.63, 3.8) is 0 Å². The van der Waals surface area contributed by atoms with Crippen LogP contribution in [0.15, 0.2) is 12.1 Å². The maximum absolute atomic E-state index is 12.9. The maximum Gasteiger partial charge on any atom is 0.318 e. The molecule has 3 saturated heterocycles. The van der Waals surface area contributed by atoms with E-state index < -0.39 is 0 Å². The lowest BCUT2D eigenvalue weighted by Crippen LogP contribution is -2.53. The molecule has 3 aliphatic heterocycles. The van der Waals surface area contributed by atoms with Crippen LogP contribution in [-0.4, -0.2) is 81.6 Å². The van der Waals surface area contributed by atoms with E-state index in [0.717, 1.165) is 76.1 Å². The molecule has 0 radical (unpaired) electrons. The summed E-state index contributed by atoms with van der Waals surface area (Å²) in [5.74, 6) is 0.162.